The summed E-state index contributed by atoms with van der Waals surface area (Å²) in [4.78, 5) is 21.7. The van der Waals surface area contributed by atoms with Crippen LogP contribution in [0.2, 0.25) is 0 Å². The number of esters is 1. The zero-order chi connectivity index (χ0) is 12.7. The van der Waals surface area contributed by atoms with E-state index in [0.29, 0.717) is 6.42 Å². The van der Waals surface area contributed by atoms with Gasteiger partial charge in [0.15, 0.2) is 0 Å². The highest BCUT2D eigenvalue weighted by Crippen LogP contribution is 2.34. The summed E-state index contributed by atoms with van der Waals surface area (Å²) in [5, 5.41) is 9.74. The first-order chi connectivity index (χ1) is 8.19. The number of aliphatic hydroxyl groups excluding tert-OH is 1. The van der Waals surface area contributed by atoms with Gasteiger partial charge in [0.2, 0.25) is 0 Å². The number of rotatable bonds is 7. The van der Waals surface area contributed by atoms with Crippen molar-refractivity contribution in [1.82, 2.24) is 0 Å². The van der Waals surface area contributed by atoms with Crippen LogP contribution in [0.25, 0.3) is 0 Å². The lowest BCUT2D eigenvalue weighted by Crippen LogP contribution is -2.19. The van der Waals surface area contributed by atoms with E-state index in [-0.39, 0.29) is 23.9 Å². The van der Waals surface area contributed by atoms with Crippen LogP contribution in [0, 0.1) is 11.8 Å². The molecule has 1 rings (SSSR count). The average Bonchev–Trinajstić information content (AvgIpc) is 2.69. The molecule has 1 aliphatic rings. The second-order valence-electron chi connectivity index (χ2n) is 4.78. The molecular weight excluding hydrogens is 220 g/mol. The van der Waals surface area contributed by atoms with Crippen molar-refractivity contribution < 1.29 is 19.4 Å². The number of methoxy groups -OCH3 is 1. The molecule has 4 heteroatoms. The van der Waals surface area contributed by atoms with Gasteiger partial charge in [-0.2, -0.15) is 0 Å². The maximum absolute atomic E-state index is 10.9. The van der Waals surface area contributed by atoms with E-state index >= 15 is 0 Å². The molecule has 0 spiro atoms. The van der Waals surface area contributed by atoms with Crippen LogP contribution in [-0.2, 0) is 14.3 Å². The van der Waals surface area contributed by atoms with Crippen molar-refractivity contribution in [2.24, 2.45) is 11.8 Å². The van der Waals surface area contributed by atoms with Crippen molar-refractivity contribution in [3.63, 3.8) is 0 Å². The van der Waals surface area contributed by atoms with Crippen LogP contribution in [0.1, 0.15) is 44.9 Å². The molecule has 3 unspecified atom stereocenters. The van der Waals surface area contributed by atoms with E-state index in [4.69, 9.17) is 0 Å². The lowest BCUT2D eigenvalue weighted by atomic mass is 9.90. The summed E-state index contributed by atoms with van der Waals surface area (Å²) < 4.78 is 4.56. The van der Waals surface area contributed by atoms with Crippen molar-refractivity contribution in [2.45, 2.75) is 51.0 Å². The Hall–Kier alpha value is -0.900. The first-order valence-corrected chi connectivity index (χ1v) is 6.39. The van der Waals surface area contributed by atoms with E-state index in [2.05, 4.69) is 4.74 Å². The standard InChI is InChI=1S/C13H22O4/c1-17-13(16)6-4-2-3-5-11-10(9-14)7-8-12(11)15/h9-12,15H,2-8H2,1H3. The number of carbonyl (C=O) groups is 2. The van der Waals surface area contributed by atoms with E-state index in [9.17, 15) is 14.7 Å². The van der Waals surface area contributed by atoms with Crippen LogP contribution < -0.4 is 0 Å². The van der Waals surface area contributed by atoms with Gasteiger partial charge in [-0.25, -0.2) is 0 Å². The molecule has 98 valence electrons. The molecule has 3 atom stereocenters. The lowest BCUT2D eigenvalue weighted by molar-refractivity contribution is -0.140. The topological polar surface area (TPSA) is 63.6 Å². The summed E-state index contributed by atoms with van der Waals surface area (Å²) in [6.45, 7) is 0. The molecule has 0 aromatic heterocycles. The Labute approximate surface area is 102 Å². The molecule has 17 heavy (non-hydrogen) atoms. The summed E-state index contributed by atoms with van der Waals surface area (Å²) >= 11 is 0. The van der Waals surface area contributed by atoms with Gasteiger partial charge >= 0.3 is 5.97 Å². The lowest BCUT2D eigenvalue weighted by Gasteiger charge is -2.17. The number of hydrogen-bond acceptors (Lipinski definition) is 4. The zero-order valence-electron chi connectivity index (χ0n) is 10.4. The monoisotopic (exact) mass is 242 g/mol. The molecular formula is C13H22O4. The molecule has 0 bridgehead atoms. The van der Waals surface area contributed by atoms with Crippen LogP contribution in [0.4, 0.5) is 0 Å². The Kier molecular flexibility index (Phi) is 6.19. The van der Waals surface area contributed by atoms with E-state index in [1.165, 1.54) is 7.11 Å². The predicted octanol–water partition coefficient (Wildman–Crippen LogP) is 1.70. The van der Waals surface area contributed by atoms with Gasteiger partial charge in [-0.05, 0) is 31.6 Å². The van der Waals surface area contributed by atoms with Crippen molar-refractivity contribution in [3.05, 3.63) is 0 Å². The maximum atomic E-state index is 10.9. The van der Waals surface area contributed by atoms with Gasteiger partial charge in [0.1, 0.15) is 6.29 Å². The van der Waals surface area contributed by atoms with Crippen LogP contribution in [0.15, 0.2) is 0 Å². The van der Waals surface area contributed by atoms with Crippen molar-refractivity contribution in [3.8, 4) is 0 Å². The number of aldehydes is 1. The minimum atomic E-state index is -0.314. The third-order valence-electron chi connectivity index (χ3n) is 3.66. The molecule has 0 heterocycles. The molecule has 0 aromatic rings. The Morgan fingerprint density at radius 1 is 1.35 bits per heavy atom. The third-order valence-corrected chi connectivity index (χ3v) is 3.66. The van der Waals surface area contributed by atoms with Crippen LogP contribution >= 0.6 is 0 Å². The summed E-state index contributed by atoms with van der Waals surface area (Å²) in [5.41, 5.74) is 0. The van der Waals surface area contributed by atoms with Crippen LogP contribution in [0.5, 0.6) is 0 Å². The van der Waals surface area contributed by atoms with E-state index < -0.39 is 0 Å². The SMILES string of the molecule is COC(=O)CCCCCC1C(O)CCC1C=O. The Bertz CT molecular complexity index is 252. The number of aliphatic hydroxyl groups is 1. The molecule has 0 radical (unpaired) electrons. The van der Waals surface area contributed by atoms with Gasteiger partial charge in [-0.3, -0.25) is 4.79 Å². The molecule has 1 saturated carbocycles. The number of unbranched alkanes of at least 4 members (excludes halogenated alkanes) is 2. The fraction of sp³-hybridized carbons (Fsp3) is 0.846. The van der Waals surface area contributed by atoms with E-state index in [1.54, 1.807) is 0 Å². The quantitative estimate of drug-likeness (QED) is 0.419. The number of ether oxygens (including phenoxy) is 1. The number of carbonyl (C=O) groups excluding carboxylic acids is 2. The normalized spacial score (nSPS) is 28.0. The summed E-state index contributed by atoms with van der Waals surface area (Å²) in [7, 11) is 1.39. The van der Waals surface area contributed by atoms with Gasteiger partial charge < -0.3 is 14.6 Å². The van der Waals surface area contributed by atoms with Gasteiger partial charge in [-0.15, -0.1) is 0 Å². The maximum Gasteiger partial charge on any atom is 0.305 e. The summed E-state index contributed by atoms with van der Waals surface area (Å²) in [6.07, 6.45) is 6.30. The zero-order valence-corrected chi connectivity index (χ0v) is 10.4. The van der Waals surface area contributed by atoms with Crippen molar-refractivity contribution in [2.75, 3.05) is 7.11 Å². The molecule has 1 aliphatic carbocycles. The Morgan fingerprint density at radius 2 is 2.12 bits per heavy atom. The minimum Gasteiger partial charge on any atom is -0.469 e. The second-order valence-corrected chi connectivity index (χ2v) is 4.78. The molecule has 0 aromatic carbocycles. The molecule has 0 amide bonds. The van der Waals surface area contributed by atoms with E-state index in [1.807, 2.05) is 0 Å². The molecule has 1 fully saturated rings. The first kappa shape index (κ1) is 14.2. The van der Waals surface area contributed by atoms with Crippen LogP contribution in [-0.4, -0.2) is 30.6 Å². The van der Waals surface area contributed by atoms with Crippen molar-refractivity contribution in [1.29, 1.82) is 0 Å². The Morgan fingerprint density at radius 3 is 2.76 bits per heavy atom. The first-order valence-electron chi connectivity index (χ1n) is 6.39. The summed E-state index contributed by atoms with van der Waals surface area (Å²) in [5.74, 6) is -0.00657. The number of hydrogen-bond donors (Lipinski definition) is 1. The molecule has 1 N–H and O–H groups in total. The minimum absolute atomic E-state index is 0.0330. The fourth-order valence-corrected chi connectivity index (χ4v) is 2.58. The molecule has 0 saturated heterocycles. The van der Waals surface area contributed by atoms with Gasteiger partial charge in [0.05, 0.1) is 13.2 Å². The smallest absolute Gasteiger partial charge is 0.305 e. The average molecular weight is 242 g/mol. The highest BCUT2D eigenvalue weighted by atomic mass is 16.5. The van der Waals surface area contributed by atoms with E-state index in [0.717, 1.165) is 44.8 Å². The fourth-order valence-electron chi connectivity index (χ4n) is 2.58. The van der Waals surface area contributed by atoms with Gasteiger partial charge in [0, 0.05) is 12.3 Å². The largest absolute Gasteiger partial charge is 0.469 e. The van der Waals surface area contributed by atoms with Crippen molar-refractivity contribution >= 4 is 12.3 Å². The highest BCUT2D eigenvalue weighted by molar-refractivity contribution is 5.68. The summed E-state index contributed by atoms with van der Waals surface area (Å²) in [6, 6.07) is 0. The molecule has 0 aliphatic heterocycles. The second kappa shape index (κ2) is 7.43. The highest BCUT2D eigenvalue weighted by Gasteiger charge is 2.33. The Balaban J connectivity index is 2.13. The third kappa shape index (κ3) is 4.46. The molecule has 4 nitrogen and oxygen atoms in total. The predicted molar refractivity (Wildman–Crippen MR) is 63.4 cm³/mol. The van der Waals surface area contributed by atoms with Gasteiger partial charge in [-0.1, -0.05) is 12.8 Å². The van der Waals surface area contributed by atoms with Crippen LogP contribution in [0.3, 0.4) is 0 Å². The van der Waals surface area contributed by atoms with Gasteiger partial charge in [0.25, 0.3) is 0 Å².